The molecule has 6 rings (SSSR count). The van der Waals surface area contributed by atoms with Gasteiger partial charge in [0, 0.05) is 28.0 Å². The number of carbonyl (C=O) groups excluding carboxylic acids is 1. The first kappa shape index (κ1) is 32.2. The van der Waals surface area contributed by atoms with Crippen LogP contribution in [0.1, 0.15) is 16.7 Å². The lowest BCUT2D eigenvalue weighted by Crippen LogP contribution is -2.33. The standard InChI is InChI=1S/C36H23ClF3N5O2S/c1-22-9-7-12-26(17-22)42-33(46)28(20-41)35-45(30-16-6-5-15-29(30)36(38,39)40)34(47)31(48-35)19-24-21-44(27-13-3-2-4-14-27)43-32(24)23-10-8-11-25(37)18-23/h2-19,21H,1H3,(H,42,46)/b31-19-,35-28+. The molecule has 0 saturated carbocycles. The molecule has 1 N–H and O–H groups in total. The molecule has 0 aliphatic heterocycles. The summed E-state index contributed by atoms with van der Waals surface area (Å²) < 4.78 is 44.9. The van der Waals surface area contributed by atoms with Gasteiger partial charge in [0.15, 0.2) is 5.57 Å². The van der Waals surface area contributed by atoms with Crippen molar-refractivity contribution in [3.05, 3.63) is 151 Å². The van der Waals surface area contributed by atoms with Crippen LogP contribution in [-0.2, 0) is 11.0 Å². The van der Waals surface area contributed by atoms with E-state index < -0.39 is 34.5 Å². The molecule has 0 atom stereocenters. The molecule has 12 heteroatoms. The van der Waals surface area contributed by atoms with Crippen molar-refractivity contribution in [3.8, 4) is 28.7 Å². The number of aryl methyl sites for hydroxylation is 1. The van der Waals surface area contributed by atoms with Crippen LogP contribution in [-0.4, -0.2) is 20.3 Å². The van der Waals surface area contributed by atoms with Crippen molar-refractivity contribution in [1.29, 1.82) is 5.26 Å². The first-order valence-corrected chi connectivity index (χ1v) is 15.6. The lowest BCUT2D eigenvalue weighted by Gasteiger charge is -2.13. The summed E-state index contributed by atoms with van der Waals surface area (Å²) in [5.74, 6) is -0.884. The Kier molecular flexibility index (Phi) is 8.86. The average Bonchev–Trinajstić information content (AvgIpc) is 3.62. The third-order valence-corrected chi connectivity index (χ3v) is 8.58. The Morgan fingerprint density at radius 2 is 1.71 bits per heavy atom. The summed E-state index contributed by atoms with van der Waals surface area (Å²) >= 11 is 7.01. The highest BCUT2D eigenvalue weighted by molar-refractivity contribution is 7.07. The van der Waals surface area contributed by atoms with Crippen molar-refractivity contribution < 1.29 is 18.0 Å². The van der Waals surface area contributed by atoms with Gasteiger partial charge in [-0.1, -0.05) is 66.2 Å². The topological polar surface area (TPSA) is 92.7 Å². The number of hydrogen-bond acceptors (Lipinski definition) is 5. The Morgan fingerprint density at radius 3 is 2.42 bits per heavy atom. The van der Waals surface area contributed by atoms with Gasteiger partial charge in [-0.15, -0.1) is 11.3 Å². The quantitative estimate of drug-likeness (QED) is 0.208. The van der Waals surface area contributed by atoms with Gasteiger partial charge in [0.2, 0.25) is 0 Å². The molecule has 0 unspecified atom stereocenters. The Hall–Kier alpha value is -5.70. The van der Waals surface area contributed by atoms with Crippen LogP contribution < -0.4 is 20.1 Å². The summed E-state index contributed by atoms with van der Waals surface area (Å²) in [7, 11) is 0. The maximum absolute atomic E-state index is 14.3. The first-order valence-electron chi connectivity index (χ1n) is 14.4. The van der Waals surface area contributed by atoms with Crippen molar-refractivity contribution in [2.75, 3.05) is 5.32 Å². The van der Waals surface area contributed by atoms with Crippen LogP contribution in [0.2, 0.25) is 5.02 Å². The van der Waals surface area contributed by atoms with E-state index in [9.17, 15) is 28.0 Å². The molecule has 4 aromatic carbocycles. The largest absolute Gasteiger partial charge is 0.418 e. The van der Waals surface area contributed by atoms with Gasteiger partial charge < -0.3 is 5.32 Å². The summed E-state index contributed by atoms with van der Waals surface area (Å²) in [5.41, 5.74) is 0.434. The van der Waals surface area contributed by atoms with Crippen LogP contribution in [0.3, 0.4) is 0 Å². The highest BCUT2D eigenvalue weighted by Gasteiger charge is 2.34. The van der Waals surface area contributed by atoms with Gasteiger partial charge in [0.05, 0.1) is 21.5 Å². The Labute approximate surface area is 280 Å². The number of amides is 1. The van der Waals surface area contributed by atoms with E-state index in [4.69, 9.17) is 16.7 Å². The predicted molar refractivity (Wildman–Crippen MR) is 181 cm³/mol. The molecule has 0 aliphatic carbocycles. The number of benzene rings is 4. The van der Waals surface area contributed by atoms with E-state index in [1.807, 2.05) is 49.4 Å². The molecule has 0 radical (unpaired) electrons. The number of alkyl halides is 3. The summed E-state index contributed by atoms with van der Waals surface area (Å²) in [6.07, 6.45) is -1.68. The number of aromatic nitrogens is 3. The zero-order valence-electron chi connectivity index (χ0n) is 25.0. The van der Waals surface area contributed by atoms with Gasteiger partial charge in [0.1, 0.15) is 16.4 Å². The van der Waals surface area contributed by atoms with Crippen LogP contribution in [0.15, 0.2) is 114 Å². The van der Waals surface area contributed by atoms with Gasteiger partial charge in [-0.05, 0) is 67.1 Å². The minimum absolute atomic E-state index is 0.0334. The Bertz CT molecular complexity index is 2410. The number of rotatable bonds is 6. The zero-order chi connectivity index (χ0) is 34.0. The normalized spacial score (nSPS) is 12.5. The molecule has 6 aromatic rings. The van der Waals surface area contributed by atoms with Crippen LogP contribution >= 0.6 is 22.9 Å². The number of nitrogens with one attached hydrogen (secondary N) is 1. The van der Waals surface area contributed by atoms with Crippen molar-refractivity contribution >= 4 is 46.2 Å². The predicted octanol–water partition coefficient (Wildman–Crippen LogP) is 6.87. The number of anilines is 1. The zero-order valence-corrected chi connectivity index (χ0v) is 26.6. The number of carbonyl (C=O) groups is 1. The number of nitrogens with zero attached hydrogens (tertiary/aromatic N) is 4. The van der Waals surface area contributed by atoms with Crippen molar-refractivity contribution in [1.82, 2.24) is 14.3 Å². The molecule has 0 saturated heterocycles. The monoisotopic (exact) mass is 681 g/mol. The summed E-state index contributed by atoms with van der Waals surface area (Å²) in [6, 6.07) is 29.3. The maximum Gasteiger partial charge on any atom is 0.418 e. The van der Waals surface area contributed by atoms with Crippen molar-refractivity contribution in [2.24, 2.45) is 0 Å². The lowest BCUT2D eigenvalue weighted by molar-refractivity contribution is -0.137. The molecular formula is C36H23ClF3N5O2S. The van der Waals surface area contributed by atoms with E-state index in [0.717, 1.165) is 39.3 Å². The van der Waals surface area contributed by atoms with Crippen molar-refractivity contribution in [2.45, 2.75) is 13.1 Å². The molecule has 0 fully saturated rings. The van der Waals surface area contributed by atoms with Gasteiger partial charge >= 0.3 is 6.18 Å². The smallest absolute Gasteiger partial charge is 0.321 e. The van der Waals surface area contributed by atoms with E-state index in [2.05, 4.69) is 5.32 Å². The molecule has 2 heterocycles. The fraction of sp³-hybridized carbons (Fsp3) is 0.0556. The van der Waals surface area contributed by atoms with Crippen molar-refractivity contribution in [3.63, 3.8) is 0 Å². The Balaban J connectivity index is 1.65. The molecule has 238 valence electrons. The second-order valence-corrected chi connectivity index (χ2v) is 12.1. The van der Waals surface area contributed by atoms with Crippen LogP contribution in [0.5, 0.6) is 0 Å². The maximum atomic E-state index is 14.3. The number of halogens is 4. The summed E-state index contributed by atoms with van der Waals surface area (Å²) in [5, 5.41) is 18.0. The fourth-order valence-corrected chi connectivity index (χ4v) is 6.37. The second kappa shape index (κ2) is 13.2. The van der Waals surface area contributed by atoms with Crippen LogP contribution in [0.25, 0.3) is 34.3 Å². The number of para-hydroxylation sites is 2. The fourth-order valence-electron chi connectivity index (χ4n) is 5.10. The van der Waals surface area contributed by atoms with Crippen LogP contribution in [0.4, 0.5) is 18.9 Å². The summed E-state index contributed by atoms with van der Waals surface area (Å²) in [4.78, 5) is 27.7. The van der Waals surface area contributed by atoms with E-state index in [1.165, 1.54) is 18.2 Å². The van der Waals surface area contributed by atoms with Gasteiger partial charge in [-0.3, -0.25) is 14.2 Å². The molecule has 0 bridgehead atoms. The summed E-state index contributed by atoms with van der Waals surface area (Å²) in [6.45, 7) is 1.81. The van der Waals surface area contributed by atoms with Gasteiger partial charge in [-0.2, -0.15) is 23.5 Å². The minimum Gasteiger partial charge on any atom is -0.321 e. The highest BCUT2D eigenvalue weighted by Crippen LogP contribution is 2.33. The lowest BCUT2D eigenvalue weighted by atomic mass is 10.1. The molecule has 0 spiro atoms. The minimum atomic E-state index is -4.84. The molecule has 0 aliphatic rings. The highest BCUT2D eigenvalue weighted by atomic mass is 35.5. The molecule has 7 nitrogen and oxygen atoms in total. The van der Waals surface area contributed by atoms with Gasteiger partial charge in [-0.25, -0.2) is 4.68 Å². The number of thiazole rings is 1. The van der Waals surface area contributed by atoms with E-state index in [0.29, 0.717) is 27.5 Å². The third-order valence-electron chi connectivity index (χ3n) is 7.25. The molecular weight excluding hydrogens is 659 g/mol. The average molecular weight is 682 g/mol. The number of nitriles is 1. The Morgan fingerprint density at radius 1 is 0.979 bits per heavy atom. The molecule has 1 amide bonds. The second-order valence-electron chi connectivity index (χ2n) is 10.6. The van der Waals surface area contributed by atoms with E-state index in [-0.39, 0.29) is 9.20 Å². The molecule has 2 aromatic heterocycles. The first-order chi connectivity index (χ1) is 23.0. The SMILES string of the molecule is Cc1cccc(NC(=O)/C(C#N)=c2/s/c(=C\c3cn(-c4ccccc4)nc3-c3cccc(Cl)c3)c(=O)n2-c2ccccc2C(F)(F)F)c1. The molecule has 48 heavy (non-hydrogen) atoms. The van der Waals surface area contributed by atoms with Gasteiger partial charge in [0.25, 0.3) is 11.5 Å². The van der Waals surface area contributed by atoms with E-state index >= 15 is 0 Å². The number of hydrogen-bond donors (Lipinski definition) is 1. The van der Waals surface area contributed by atoms with E-state index in [1.54, 1.807) is 53.3 Å². The third kappa shape index (κ3) is 6.57. The van der Waals surface area contributed by atoms with Crippen LogP contribution in [0, 0.1) is 18.3 Å².